The van der Waals surface area contributed by atoms with E-state index in [0.717, 1.165) is 50.8 Å². The maximum atomic E-state index is 14.6. The van der Waals surface area contributed by atoms with Crippen LogP contribution in [0.1, 0.15) is 32.8 Å². The van der Waals surface area contributed by atoms with Gasteiger partial charge >= 0.3 is 0 Å². The molecule has 2 atom stereocenters. The van der Waals surface area contributed by atoms with E-state index < -0.39 is 0 Å². The van der Waals surface area contributed by atoms with Crippen molar-refractivity contribution >= 4 is 35.6 Å². The maximum absolute atomic E-state index is 14.6. The zero-order valence-corrected chi connectivity index (χ0v) is 19.0. The summed E-state index contributed by atoms with van der Waals surface area (Å²) in [5.74, 6) is 1.39. The molecule has 3 rings (SSSR count). The Morgan fingerprint density at radius 2 is 1.93 bits per heavy atom. The van der Waals surface area contributed by atoms with Crippen LogP contribution in [-0.2, 0) is 6.54 Å². The molecule has 1 aromatic carbocycles. The molecule has 0 amide bonds. The summed E-state index contributed by atoms with van der Waals surface area (Å²) in [5.41, 5.74) is 1.62. The molecule has 0 radical (unpaired) electrons. The fourth-order valence-corrected chi connectivity index (χ4v) is 3.40. The van der Waals surface area contributed by atoms with Gasteiger partial charge in [0.05, 0.1) is 12.2 Å². The van der Waals surface area contributed by atoms with Crippen molar-refractivity contribution in [3.63, 3.8) is 0 Å². The number of aliphatic imine (C=N–C) groups is 1. The minimum atomic E-state index is -0.142. The molecule has 1 heterocycles. The first-order valence-electron chi connectivity index (χ1n) is 9.91. The molecule has 152 valence electrons. The second-order valence-corrected chi connectivity index (χ2v) is 7.37. The van der Waals surface area contributed by atoms with E-state index in [2.05, 4.69) is 46.2 Å². The summed E-state index contributed by atoms with van der Waals surface area (Å²) < 4.78 is 14.6. The van der Waals surface area contributed by atoms with E-state index in [1.54, 1.807) is 6.07 Å². The predicted octanol–water partition coefficient (Wildman–Crippen LogP) is 3.05. The Labute approximate surface area is 179 Å². The molecule has 2 unspecified atom stereocenters. The number of hydrogen-bond acceptors (Lipinski definition) is 3. The van der Waals surface area contributed by atoms with Crippen LogP contribution in [0.15, 0.2) is 23.2 Å². The molecule has 1 aliphatic carbocycles. The molecule has 0 bridgehead atoms. The smallest absolute Gasteiger partial charge is 0.191 e. The third-order valence-corrected chi connectivity index (χ3v) is 5.37. The molecular weight excluding hydrogens is 456 g/mol. The van der Waals surface area contributed by atoms with Crippen molar-refractivity contribution in [3.05, 3.63) is 29.6 Å². The standard InChI is InChI=1S/C20H32FN5.HI/c1-4-22-20(24-18-12-15(18)3)23-14-16-6-7-19(17(21)13-16)26-10-8-25(5-2)9-11-26;/h6-7,13,15,18H,4-5,8-12,14H2,1-3H3,(H2,22,23,24);1H. The van der Waals surface area contributed by atoms with Crippen LogP contribution < -0.4 is 15.5 Å². The van der Waals surface area contributed by atoms with Crippen molar-refractivity contribution in [3.8, 4) is 0 Å². The van der Waals surface area contributed by atoms with Gasteiger partial charge in [-0.1, -0.05) is 19.9 Å². The summed E-state index contributed by atoms with van der Waals surface area (Å²) in [6.07, 6.45) is 1.19. The molecule has 7 heteroatoms. The van der Waals surface area contributed by atoms with E-state index >= 15 is 0 Å². The number of rotatable bonds is 6. The Morgan fingerprint density at radius 1 is 1.22 bits per heavy atom. The van der Waals surface area contributed by atoms with E-state index in [9.17, 15) is 4.39 Å². The quantitative estimate of drug-likeness (QED) is 0.367. The van der Waals surface area contributed by atoms with Crippen LogP contribution in [0.2, 0.25) is 0 Å². The van der Waals surface area contributed by atoms with Crippen molar-refractivity contribution in [2.75, 3.05) is 44.2 Å². The van der Waals surface area contributed by atoms with Crippen LogP contribution >= 0.6 is 24.0 Å². The Bertz CT molecular complexity index is 631. The van der Waals surface area contributed by atoms with Crippen LogP contribution in [0.25, 0.3) is 0 Å². The first kappa shape index (κ1) is 22.2. The highest BCUT2D eigenvalue weighted by atomic mass is 127. The van der Waals surface area contributed by atoms with E-state index in [1.165, 1.54) is 6.42 Å². The van der Waals surface area contributed by atoms with Gasteiger partial charge < -0.3 is 20.4 Å². The van der Waals surface area contributed by atoms with Gasteiger partial charge in [0.15, 0.2) is 5.96 Å². The highest BCUT2D eigenvalue weighted by Gasteiger charge is 2.33. The van der Waals surface area contributed by atoms with Gasteiger partial charge in [-0.25, -0.2) is 9.38 Å². The molecule has 0 aromatic heterocycles. The highest BCUT2D eigenvalue weighted by Crippen LogP contribution is 2.28. The van der Waals surface area contributed by atoms with E-state index in [4.69, 9.17) is 0 Å². The van der Waals surface area contributed by atoms with E-state index in [0.29, 0.717) is 24.2 Å². The van der Waals surface area contributed by atoms with Gasteiger partial charge in [-0.05, 0) is 43.5 Å². The first-order valence-corrected chi connectivity index (χ1v) is 9.91. The average Bonchev–Trinajstić information content (AvgIpc) is 3.35. The van der Waals surface area contributed by atoms with Crippen molar-refractivity contribution in [1.29, 1.82) is 0 Å². The van der Waals surface area contributed by atoms with Crippen molar-refractivity contribution < 1.29 is 4.39 Å². The topological polar surface area (TPSA) is 42.9 Å². The van der Waals surface area contributed by atoms with Gasteiger partial charge in [0, 0.05) is 38.8 Å². The number of anilines is 1. The van der Waals surface area contributed by atoms with Crippen LogP contribution in [-0.4, -0.2) is 56.2 Å². The summed E-state index contributed by atoms with van der Waals surface area (Å²) >= 11 is 0. The minimum Gasteiger partial charge on any atom is -0.367 e. The molecule has 5 nitrogen and oxygen atoms in total. The summed E-state index contributed by atoms with van der Waals surface area (Å²) in [4.78, 5) is 9.15. The van der Waals surface area contributed by atoms with E-state index in [-0.39, 0.29) is 29.8 Å². The van der Waals surface area contributed by atoms with Crippen LogP contribution in [0.4, 0.5) is 10.1 Å². The SMILES string of the molecule is CCNC(=NCc1ccc(N2CCN(CC)CC2)c(F)c1)NC1CC1C.I. The molecule has 27 heavy (non-hydrogen) atoms. The first-order chi connectivity index (χ1) is 12.6. The second-order valence-electron chi connectivity index (χ2n) is 7.37. The number of piperazine rings is 1. The lowest BCUT2D eigenvalue weighted by Gasteiger charge is -2.35. The zero-order chi connectivity index (χ0) is 18.5. The van der Waals surface area contributed by atoms with Gasteiger partial charge in [-0.2, -0.15) is 0 Å². The Kier molecular flexibility index (Phi) is 8.60. The van der Waals surface area contributed by atoms with Crippen LogP contribution in [0, 0.1) is 11.7 Å². The number of nitrogens with zero attached hydrogens (tertiary/aromatic N) is 3. The zero-order valence-electron chi connectivity index (χ0n) is 16.7. The predicted molar refractivity (Wildman–Crippen MR) is 122 cm³/mol. The van der Waals surface area contributed by atoms with Crippen molar-refractivity contribution in [2.45, 2.75) is 39.8 Å². The van der Waals surface area contributed by atoms with E-state index in [1.807, 2.05) is 12.1 Å². The molecule has 2 fully saturated rings. The molecule has 1 saturated carbocycles. The fraction of sp³-hybridized carbons (Fsp3) is 0.650. The number of likely N-dealkylation sites (N-methyl/N-ethyl adjacent to an activating group) is 1. The summed E-state index contributed by atoms with van der Waals surface area (Å²) in [7, 11) is 0. The Morgan fingerprint density at radius 3 is 2.48 bits per heavy atom. The van der Waals surface area contributed by atoms with Gasteiger partial charge in [-0.15, -0.1) is 24.0 Å². The fourth-order valence-electron chi connectivity index (χ4n) is 3.40. The highest BCUT2D eigenvalue weighted by molar-refractivity contribution is 14.0. The third-order valence-electron chi connectivity index (χ3n) is 5.37. The number of benzene rings is 1. The van der Waals surface area contributed by atoms with Gasteiger partial charge in [0.25, 0.3) is 0 Å². The summed E-state index contributed by atoms with van der Waals surface area (Å²) in [5, 5.41) is 6.70. The van der Waals surface area contributed by atoms with Gasteiger partial charge in [-0.3, -0.25) is 0 Å². The van der Waals surface area contributed by atoms with Gasteiger partial charge in [0.2, 0.25) is 0 Å². The molecule has 0 spiro atoms. The van der Waals surface area contributed by atoms with Gasteiger partial charge in [0.1, 0.15) is 5.82 Å². The Hall–Kier alpha value is -1.09. The van der Waals surface area contributed by atoms with Crippen molar-refractivity contribution in [1.82, 2.24) is 15.5 Å². The van der Waals surface area contributed by atoms with Crippen LogP contribution in [0.3, 0.4) is 0 Å². The molecule has 1 aliphatic heterocycles. The lowest BCUT2D eigenvalue weighted by molar-refractivity contribution is 0.270. The number of guanidine groups is 1. The third kappa shape index (κ3) is 6.20. The largest absolute Gasteiger partial charge is 0.367 e. The normalized spacial score (nSPS) is 23.0. The molecule has 2 aliphatic rings. The lowest BCUT2D eigenvalue weighted by atomic mass is 10.1. The summed E-state index contributed by atoms with van der Waals surface area (Å²) in [6, 6.07) is 6.06. The molecule has 2 N–H and O–H groups in total. The summed E-state index contributed by atoms with van der Waals surface area (Å²) in [6.45, 7) is 12.6. The molecule has 1 aromatic rings. The minimum absolute atomic E-state index is 0. The van der Waals surface area contributed by atoms with Crippen LogP contribution in [0.5, 0.6) is 0 Å². The lowest BCUT2D eigenvalue weighted by Crippen LogP contribution is -2.46. The molecule has 1 saturated heterocycles. The molecular formula is C20H33FIN5. The van der Waals surface area contributed by atoms with Crippen molar-refractivity contribution in [2.24, 2.45) is 10.9 Å². The monoisotopic (exact) mass is 489 g/mol. The Balaban J connectivity index is 0.00000261. The number of hydrogen-bond donors (Lipinski definition) is 2. The average molecular weight is 489 g/mol. The number of nitrogens with one attached hydrogen (secondary N) is 2. The second kappa shape index (κ2) is 10.5. The number of halogens is 2. The maximum Gasteiger partial charge on any atom is 0.191 e.